The Morgan fingerprint density at radius 3 is 2.60 bits per heavy atom. The molecule has 0 unspecified atom stereocenters. The molecule has 0 bridgehead atoms. The second-order valence-electron chi connectivity index (χ2n) is 7.14. The number of aromatic nitrogens is 2. The smallest absolute Gasteiger partial charge is 0.331 e. The van der Waals surface area contributed by atoms with Crippen LogP contribution in [0.3, 0.4) is 0 Å². The van der Waals surface area contributed by atoms with Gasteiger partial charge in [0.2, 0.25) is 0 Å². The van der Waals surface area contributed by atoms with Gasteiger partial charge in [-0.2, -0.15) is 5.10 Å². The van der Waals surface area contributed by atoms with Crippen LogP contribution in [0, 0.1) is 0 Å². The first-order chi connectivity index (χ1) is 14.6. The van der Waals surface area contributed by atoms with Crippen LogP contribution >= 0.6 is 11.3 Å². The van der Waals surface area contributed by atoms with Crippen molar-refractivity contribution in [2.24, 2.45) is 0 Å². The second kappa shape index (κ2) is 9.09. The Labute approximate surface area is 179 Å². The van der Waals surface area contributed by atoms with Crippen molar-refractivity contribution in [3.8, 4) is 16.3 Å². The van der Waals surface area contributed by atoms with Crippen molar-refractivity contribution in [3.05, 3.63) is 65.7 Å². The largest absolute Gasteiger partial charge is 0.449 e. The number of carbonyl (C=O) groups excluding carboxylic acids is 2. The van der Waals surface area contributed by atoms with Crippen molar-refractivity contribution in [1.82, 2.24) is 14.7 Å². The van der Waals surface area contributed by atoms with Crippen LogP contribution in [-0.4, -0.2) is 45.8 Å². The van der Waals surface area contributed by atoms with Gasteiger partial charge in [0.15, 0.2) is 6.10 Å². The molecule has 2 aromatic heterocycles. The first-order valence-electron chi connectivity index (χ1n) is 9.98. The van der Waals surface area contributed by atoms with E-state index < -0.39 is 12.1 Å². The highest BCUT2D eigenvalue weighted by Gasteiger charge is 2.25. The predicted molar refractivity (Wildman–Crippen MR) is 117 cm³/mol. The molecule has 6 nitrogen and oxygen atoms in total. The van der Waals surface area contributed by atoms with E-state index >= 15 is 0 Å². The van der Waals surface area contributed by atoms with Crippen LogP contribution in [0.15, 0.2) is 60.1 Å². The number of nitrogens with zero attached hydrogens (tertiary/aromatic N) is 3. The van der Waals surface area contributed by atoms with Gasteiger partial charge in [0.25, 0.3) is 5.91 Å². The van der Waals surface area contributed by atoms with E-state index in [1.807, 2.05) is 54.0 Å². The predicted octanol–water partition coefficient (Wildman–Crippen LogP) is 4.17. The van der Waals surface area contributed by atoms with Gasteiger partial charge in [-0.25, -0.2) is 9.48 Å². The van der Waals surface area contributed by atoms with Gasteiger partial charge in [0, 0.05) is 30.9 Å². The molecule has 3 aromatic rings. The zero-order chi connectivity index (χ0) is 20.9. The Balaban J connectivity index is 1.51. The lowest BCUT2D eigenvalue weighted by molar-refractivity contribution is -0.154. The third kappa shape index (κ3) is 4.52. The summed E-state index contributed by atoms with van der Waals surface area (Å²) in [7, 11) is 0. The molecule has 1 atom stereocenters. The molecule has 0 aliphatic carbocycles. The zero-order valence-corrected chi connectivity index (χ0v) is 17.5. The molecule has 0 radical (unpaired) electrons. The standard InChI is InChI=1S/C23H23N3O3S/c1-17(23(28)25-13-5-6-14-25)29-21(27)12-11-18-16-26(19-8-3-2-4-9-19)24-22(18)20-10-7-15-30-20/h2-4,7-12,15-17H,5-6,13-14H2,1H3/b12-11+/t17-/m0/s1. The normalized spacial score (nSPS) is 14.9. The Hall–Kier alpha value is -3.19. The van der Waals surface area contributed by atoms with Crippen molar-refractivity contribution >= 4 is 29.3 Å². The van der Waals surface area contributed by atoms with E-state index in [0.29, 0.717) is 0 Å². The molecule has 1 aliphatic rings. The maximum absolute atomic E-state index is 12.3. The average Bonchev–Trinajstić information content (AvgIpc) is 3.53. The van der Waals surface area contributed by atoms with Crippen LogP contribution in [0.25, 0.3) is 22.3 Å². The third-order valence-corrected chi connectivity index (χ3v) is 5.85. The summed E-state index contributed by atoms with van der Waals surface area (Å²) < 4.78 is 7.12. The minimum atomic E-state index is -0.788. The molecular formula is C23H23N3O3S. The Morgan fingerprint density at radius 1 is 1.13 bits per heavy atom. The molecule has 1 aromatic carbocycles. The summed E-state index contributed by atoms with van der Waals surface area (Å²) in [5.74, 6) is -0.676. The van der Waals surface area contributed by atoms with Gasteiger partial charge in [-0.05, 0) is 49.4 Å². The zero-order valence-electron chi connectivity index (χ0n) is 16.7. The number of ether oxygens (including phenoxy) is 1. The third-order valence-electron chi connectivity index (χ3n) is 4.98. The Kier molecular flexibility index (Phi) is 6.09. The fourth-order valence-electron chi connectivity index (χ4n) is 3.44. The quantitative estimate of drug-likeness (QED) is 0.443. The number of hydrogen-bond donors (Lipinski definition) is 0. The number of rotatable bonds is 6. The average molecular weight is 422 g/mol. The first-order valence-corrected chi connectivity index (χ1v) is 10.9. The topological polar surface area (TPSA) is 64.4 Å². The number of para-hydroxylation sites is 1. The van der Waals surface area contributed by atoms with Crippen LogP contribution in [0.5, 0.6) is 0 Å². The lowest BCUT2D eigenvalue weighted by Crippen LogP contribution is -2.37. The van der Waals surface area contributed by atoms with E-state index in [2.05, 4.69) is 0 Å². The summed E-state index contributed by atoms with van der Waals surface area (Å²) in [5.41, 5.74) is 2.53. The number of esters is 1. The van der Waals surface area contributed by atoms with Crippen molar-refractivity contribution in [2.75, 3.05) is 13.1 Å². The van der Waals surface area contributed by atoms with Gasteiger partial charge in [-0.3, -0.25) is 4.79 Å². The molecule has 0 N–H and O–H groups in total. The summed E-state index contributed by atoms with van der Waals surface area (Å²) in [6.07, 6.45) is 6.15. The number of likely N-dealkylation sites (tertiary alicyclic amines) is 1. The fraction of sp³-hybridized carbons (Fsp3) is 0.261. The first kappa shape index (κ1) is 20.1. The van der Waals surface area contributed by atoms with Crippen molar-refractivity contribution in [2.45, 2.75) is 25.9 Å². The molecule has 1 fully saturated rings. The molecule has 154 valence electrons. The van der Waals surface area contributed by atoms with E-state index in [-0.39, 0.29) is 5.91 Å². The van der Waals surface area contributed by atoms with Crippen molar-refractivity contribution < 1.29 is 14.3 Å². The molecule has 30 heavy (non-hydrogen) atoms. The minimum absolute atomic E-state index is 0.134. The van der Waals surface area contributed by atoms with E-state index in [0.717, 1.165) is 47.8 Å². The molecule has 3 heterocycles. The molecule has 7 heteroatoms. The van der Waals surface area contributed by atoms with Crippen LogP contribution < -0.4 is 0 Å². The summed E-state index contributed by atoms with van der Waals surface area (Å²) in [6, 6.07) is 13.8. The number of carbonyl (C=O) groups is 2. The molecule has 1 saturated heterocycles. The van der Waals surface area contributed by atoms with Gasteiger partial charge in [0.1, 0.15) is 5.69 Å². The molecule has 1 aliphatic heterocycles. The minimum Gasteiger partial charge on any atom is -0.449 e. The summed E-state index contributed by atoms with van der Waals surface area (Å²) in [4.78, 5) is 27.4. The van der Waals surface area contributed by atoms with Gasteiger partial charge >= 0.3 is 5.97 Å². The lowest BCUT2D eigenvalue weighted by Gasteiger charge is -2.19. The second-order valence-corrected chi connectivity index (χ2v) is 8.08. The molecule has 1 amide bonds. The monoisotopic (exact) mass is 421 g/mol. The Morgan fingerprint density at radius 2 is 1.90 bits per heavy atom. The number of thiophene rings is 1. The summed E-state index contributed by atoms with van der Waals surface area (Å²) in [5, 5.41) is 6.70. The van der Waals surface area contributed by atoms with Crippen LogP contribution in [-0.2, 0) is 14.3 Å². The Bertz CT molecular complexity index is 1040. The highest BCUT2D eigenvalue weighted by atomic mass is 32.1. The van der Waals surface area contributed by atoms with Crippen molar-refractivity contribution in [3.63, 3.8) is 0 Å². The SMILES string of the molecule is C[C@H](OC(=O)/C=C/c1cn(-c2ccccc2)nc1-c1cccs1)C(=O)N1CCCC1. The van der Waals surface area contributed by atoms with Gasteiger partial charge < -0.3 is 9.64 Å². The number of benzene rings is 1. The van der Waals surface area contributed by atoms with Gasteiger partial charge in [-0.1, -0.05) is 24.3 Å². The van der Waals surface area contributed by atoms with Gasteiger partial charge in [-0.15, -0.1) is 11.3 Å². The number of hydrogen-bond acceptors (Lipinski definition) is 5. The fourth-order valence-corrected chi connectivity index (χ4v) is 4.17. The lowest BCUT2D eigenvalue weighted by atomic mass is 10.2. The number of amides is 1. The van der Waals surface area contributed by atoms with Crippen LogP contribution in [0.2, 0.25) is 0 Å². The van der Waals surface area contributed by atoms with E-state index in [9.17, 15) is 9.59 Å². The van der Waals surface area contributed by atoms with Crippen LogP contribution in [0.1, 0.15) is 25.3 Å². The molecule has 0 spiro atoms. The van der Waals surface area contributed by atoms with E-state index in [1.165, 1.54) is 6.08 Å². The highest BCUT2D eigenvalue weighted by Crippen LogP contribution is 2.28. The van der Waals surface area contributed by atoms with E-state index in [4.69, 9.17) is 9.84 Å². The molecule has 4 rings (SSSR count). The molecule has 0 saturated carbocycles. The van der Waals surface area contributed by atoms with Crippen LogP contribution in [0.4, 0.5) is 0 Å². The highest BCUT2D eigenvalue weighted by molar-refractivity contribution is 7.13. The summed E-state index contributed by atoms with van der Waals surface area (Å²) in [6.45, 7) is 3.09. The van der Waals surface area contributed by atoms with Crippen molar-refractivity contribution in [1.29, 1.82) is 0 Å². The van der Waals surface area contributed by atoms with Gasteiger partial charge in [0.05, 0.1) is 10.6 Å². The molecular weight excluding hydrogens is 398 g/mol. The van der Waals surface area contributed by atoms with E-state index in [1.54, 1.807) is 33.9 Å². The maximum Gasteiger partial charge on any atom is 0.331 e. The maximum atomic E-state index is 12.3. The summed E-state index contributed by atoms with van der Waals surface area (Å²) >= 11 is 1.59.